The van der Waals surface area contributed by atoms with Crippen LogP contribution in [-0.4, -0.2) is 21.6 Å². The third-order valence-electron chi connectivity index (χ3n) is 4.16. The van der Waals surface area contributed by atoms with E-state index in [9.17, 15) is 9.59 Å². The second-order valence-electron chi connectivity index (χ2n) is 5.84. The van der Waals surface area contributed by atoms with Crippen molar-refractivity contribution in [2.75, 3.05) is 10.6 Å². The zero-order chi connectivity index (χ0) is 17.2. The summed E-state index contributed by atoms with van der Waals surface area (Å²) in [4.78, 5) is 24.6. The Hall–Kier alpha value is -3.41. The zero-order valence-corrected chi connectivity index (χ0v) is 13.3. The number of carbonyl (C=O) groups is 2. The number of rotatable bonds is 4. The van der Waals surface area contributed by atoms with Gasteiger partial charge in [0.2, 0.25) is 5.91 Å². The Morgan fingerprint density at radius 1 is 1.08 bits per heavy atom. The number of hydrogen-bond acceptors (Lipinski definition) is 3. The molecule has 0 unspecified atom stereocenters. The predicted molar refractivity (Wildman–Crippen MR) is 95.0 cm³/mol. The number of anilines is 2. The molecule has 4 rings (SSSR count). The first-order valence-electron chi connectivity index (χ1n) is 8.01. The third kappa shape index (κ3) is 2.89. The molecule has 0 saturated carbocycles. The Bertz CT molecular complexity index is 919. The molecule has 25 heavy (non-hydrogen) atoms. The number of hydrogen-bond donors (Lipinski definition) is 2. The van der Waals surface area contributed by atoms with Crippen LogP contribution in [0.1, 0.15) is 12.5 Å². The van der Waals surface area contributed by atoms with E-state index in [1.165, 1.54) is 0 Å². The van der Waals surface area contributed by atoms with Gasteiger partial charge < -0.3 is 10.6 Å². The molecule has 6 heteroatoms. The summed E-state index contributed by atoms with van der Waals surface area (Å²) in [7, 11) is 0. The van der Waals surface area contributed by atoms with Crippen LogP contribution in [0.3, 0.4) is 0 Å². The molecule has 0 spiro atoms. The zero-order valence-electron chi connectivity index (χ0n) is 13.3. The van der Waals surface area contributed by atoms with Crippen LogP contribution >= 0.6 is 0 Å². The number of fused-ring (bicyclic) bond motifs is 1. The number of amides is 2. The molecule has 1 atom stereocenters. The average molecular weight is 332 g/mol. The van der Waals surface area contributed by atoms with E-state index in [4.69, 9.17) is 0 Å². The van der Waals surface area contributed by atoms with Gasteiger partial charge in [0.15, 0.2) is 0 Å². The highest BCUT2D eigenvalue weighted by atomic mass is 16.2. The normalized spacial score (nSPS) is 15.5. The minimum atomic E-state index is -0.642. The van der Waals surface area contributed by atoms with Crippen LogP contribution in [0.25, 0.3) is 11.1 Å². The second-order valence-corrected chi connectivity index (χ2v) is 5.84. The van der Waals surface area contributed by atoms with Gasteiger partial charge in [-0.05, 0) is 17.7 Å². The van der Waals surface area contributed by atoms with E-state index in [2.05, 4.69) is 15.7 Å². The third-order valence-corrected chi connectivity index (χ3v) is 4.16. The van der Waals surface area contributed by atoms with Crippen LogP contribution in [-0.2, 0) is 9.59 Å². The van der Waals surface area contributed by atoms with Gasteiger partial charge in [-0.25, -0.2) is 4.68 Å². The van der Waals surface area contributed by atoms with Crippen molar-refractivity contribution >= 4 is 23.3 Å². The second kappa shape index (κ2) is 6.24. The summed E-state index contributed by atoms with van der Waals surface area (Å²) in [6.45, 7) is 0. The number of aromatic nitrogens is 2. The molecule has 2 amide bonds. The van der Waals surface area contributed by atoms with Gasteiger partial charge in [0, 0.05) is 11.3 Å². The van der Waals surface area contributed by atoms with Crippen molar-refractivity contribution < 1.29 is 9.59 Å². The Morgan fingerprint density at radius 3 is 2.48 bits per heavy atom. The molecule has 1 aromatic heterocycles. The smallest absolute Gasteiger partial charge is 0.251 e. The van der Waals surface area contributed by atoms with Gasteiger partial charge in [-0.2, -0.15) is 5.10 Å². The number of benzene rings is 2. The summed E-state index contributed by atoms with van der Waals surface area (Å²) in [6.07, 6.45) is 1.75. The quantitative estimate of drug-likeness (QED) is 0.771. The van der Waals surface area contributed by atoms with Gasteiger partial charge in [-0.15, -0.1) is 0 Å². The first-order chi connectivity index (χ1) is 12.2. The average Bonchev–Trinajstić information content (AvgIpc) is 3.16. The Labute approximate surface area is 144 Å². The summed E-state index contributed by atoms with van der Waals surface area (Å²) in [6, 6.07) is 18.2. The highest BCUT2D eigenvalue weighted by molar-refractivity contribution is 6.04. The standard InChI is InChI=1S/C19H16N4O2/c24-17(21-14-9-5-2-6-10-14)11-16-19(25)22-18-15(12-20-23(16)18)13-7-3-1-4-8-13/h1-10,12,16H,11H2,(H,21,24)(H,22,25)/t16-/m0/s1. The fourth-order valence-corrected chi connectivity index (χ4v) is 2.95. The molecule has 0 saturated heterocycles. The summed E-state index contributed by atoms with van der Waals surface area (Å²) in [5.74, 6) is 0.188. The molecule has 1 aliphatic rings. The van der Waals surface area contributed by atoms with Crippen LogP contribution in [0.4, 0.5) is 11.5 Å². The topological polar surface area (TPSA) is 76.0 Å². The Kier molecular flexibility index (Phi) is 3.78. The summed E-state index contributed by atoms with van der Waals surface area (Å²) in [5, 5.41) is 9.96. The lowest BCUT2D eigenvalue weighted by atomic mass is 10.1. The first kappa shape index (κ1) is 15.1. The maximum absolute atomic E-state index is 12.3. The van der Waals surface area contributed by atoms with Crippen molar-refractivity contribution in [2.24, 2.45) is 0 Å². The summed E-state index contributed by atoms with van der Waals surface area (Å²) in [5.41, 5.74) is 2.52. The SMILES string of the molecule is O=C(C[C@H]1C(=O)Nc2c(-c3ccccc3)cnn21)Nc1ccccc1. The molecule has 2 N–H and O–H groups in total. The van der Waals surface area contributed by atoms with Gasteiger partial charge >= 0.3 is 0 Å². The van der Waals surface area contributed by atoms with Gasteiger partial charge in [-0.1, -0.05) is 48.5 Å². The van der Waals surface area contributed by atoms with Crippen molar-refractivity contribution in [3.05, 3.63) is 66.9 Å². The van der Waals surface area contributed by atoms with Crippen LogP contribution in [0, 0.1) is 0 Å². The van der Waals surface area contributed by atoms with E-state index in [1.54, 1.807) is 23.0 Å². The van der Waals surface area contributed by atoms with Crippen molar-refractivity contribution in [3.8, 4) is 11.1 Å². The van der Waals surface area contributed by atoms with Gasteiger partial charge in [0.1, 0.15) is 11.9 Å². The first-order valence-corrected chi connectivity index (χ1v) is 8.01. The molecule has 0 radical (unpaired) electrons. The van der Waals surface area contributed by atoms with E-state index < -0.39 is 6.04 Å². The predicted octanol–water partition coefficient (Wildman–Crippen LogP) is 3.07. The molecule has 6 nitrogen and oxygen atoms in total. The van der Waals surface area contributed by atoms with Crippen LogP contribution < -0.4 is 10.6 Å². The number of nitrogens with one attached hydrogen (secondary N) is 2. The molecule has 0 bridgehead atoms. The maximum atomic E-state index is 12.3. The minimum absolute atomic E-state index is 0.0314. The Morgan fingerprint density at radius 2 is 1.76 bits per heavy atom. The van der Waals surface area contributed by atoms with Crippen molar-refractivity contribution in [1.29, 1.82) is 0 Å². The molecule has 0 fully saturated rings. The van der Waals surface area contributed by atoms with E-state index >= 15 is 0 Å². The molecule has 2 aromatic carbocycles. The summed E-state index contributed by atoms with van der Waals surface area (Å²) < 4.78 is 1.59. The molecule has 2 heterocycles. The maximum Gasteiger partial charge on any atom is 0.251 e. The number of para-hydroxylation sites is 1. The molecule has 124 valence electrons. The van der Waals surface area contributed by atoms with Gasteiger partial charge in [0.05, 0.1) is 12.6 Å². The highest BCUT2D eigenvalue weighted by Gasteiger charge is 2.35. The molecular weight excluding hydrogens is 316 g/mol. The molecule has 0 aliphatic carbocycles. The van der Waals surface area contributed by atoms with Gasteiger partial charge in [-0.3, -0.25) is 9.59 Å². The Balaban J connectivity index is 1.54. The van der Waals surface area contributed by atoms with E-state index in [-0.39, 0.29) is 18.2 Å². The van der Waals surface area contributed by atoms with Crippen molar-refractivity contribution in [2.45, 2.75) is 12.5 Å². The van der Waals surface area contributed by atoms with Crippen LogP contribution in [0.5, 0.6) is 0 Å². The largest absolute Gasteiger partial charge is 0.326 e. The van der Waals surface area contributed by atoms with E-state index in [1.807, 2.05) is 48.5 Å². The highest BCUT2D eigenvalue weighted by Crippen LogP contribution is 2.35. The number of nitrogens with zero attached hydrogens (tertiary/aromatic N) is 2. The monoisotopic (exact) mass is 332 g/mol. The summed E-state index contributed by atoms with van der Waals surface area (Å²) >= 11 is 0. The van der Waals surface area contributed by atoms with E-state index in [0.717, 1.165) is 11.1 Å². The van der Waals surface area contributed by atoms with Gasteiger partial charge in [0.25, 0.3) is 5.91 Å². The molecular formula is C19H16N4O2. The lowest BCUT2D eigenvalue weighted by Crippen LogP contribution is -2.23. The van der Waals surface area contributed by atoms with Crippen molar-refractivity contribution in [3.63, 3.8) is 0 Å². The fraction of sp³-hybridized carbons (Fsp3) is 0.105. The number of carbonyl (C=O) groups excluding carboxylic acids is 2. The fourth-order valence-electron chi connectivity index (χ4n) is 2.95. The molecule has 1 aliphatic heterocycles. The van der Waals surface area contributed by atoms with Crippen LogP contribution in [0.15, 0.2) is 66.9 Å². The van der Waals surface area contributed by atoms with Crippen molar-refractivity contribution in [1.82, 2.24) is 9.78 Å². The minimum Gasteiger partial charge on any atom is -0.326 e. The lowest BCUT2D eigenvalue weighted by Gasteiger charge is -2.09. The van der Waals surface area contributed by atoms with E-state index in [0.29, 0.717) is 11.5 Å². The molecule has 3 aromatic rings. The van der Waals surface area contributed by atoms with Crippen LogP contribution in [0.2, 0.25) is 0 Å². The lowest BCUT2D eigenvalue weighted by molar-refractivity contribution is -0.123.